The minimum atomic E-state index is -0.490. The fourth-order valence-corrected chi connectivity index (χ4v) is 2.32. The summed E-state index contributed by atoms with van der Waals surface area (Å²) in [5.74, 6) is -0.971. The van der Waals surface area contributed by atoms with Gasteiger partial charge in [-0.15, -0.1) is 0 Å². The van der Waals surface area contributed by atoms with Crippen molar-refractivity contribution in [3.8, 4) is 0 Å². The topological polar surface area (TPSA) is 102 Å². The Hall–Kier alpha value is -2.82. The van der Waals surface area contributed by atoms with Crippen LogP contribution in [0.4, 0.5) is 0 Å². The molecule has 0 atom stereocenters. The molecular weight excluding hydrogens is 242 g/mol. The zero-order valence-electron chi connectivity index (χ0n) is 9.94. The molecule has 0 saturated heterocycles. The predicted octanol–water partition coefficient (Wildman–Crippen LogP) is 1.52. The SMILES string of the molecule is NC(=O)c1ccc2c(c1)[nH]c1cccc(C(N)=O)c12. The second-order valence-electron chi connectivity index (χ2n) is 4.34. The molecule has 3 aromatic rings. The number of carbonyl (C=O) groups excluding carboxylic acids is 2. The standard InChI is InChI=1S/C14H11N3O2/c15-13(18)7-4-5-8-11(6-7)17-10-3-1-2-9(12(8)10)14(16)19/h1-6,17H,(H2,15,18)(H2,16,19). The van der Waals surface area contributed by atoms with Crippen LogP contribution in [0.15, 0.2) is 36.4 Å². The highest BCUT2D eigenvalue weighted by molar-refractivity contribution is 6.18. The van der Waals surface area contributed by atoms with Crippen molar-refractivity contribution in [1.82, 2.24) is 4.98 Å². The van der Waals surface area contributed by atoms with Crippen molar-refractivity contribution in [2.45, 2.75) is 0 Å². The van der Waals surface area contributed by atoms with Crippen LogP contribution in [0.1, 0.15) is 20.7 Å². The molecule has 5 heteroatoms. The molecule has 2 amide bonds. The van der Waals surface area contributed by atoms with Crippen LogP contribution in [-0.4, -0.2) is 16.8 Å². The summed E-state index contributed by atoms with van der Waals surface area (Å²) in [6.07, 6.45) is 0. The van der Waals surface area contributed by atoms with Gasteiger partial charge in [-0.25, -0.2) is 0 Å². The van der Waals surface area contributed by atoms with Crippen molar-refractivity contribution in [1.29, 1.82) is 0 Å². The largest absolute Gasteiger partial charge is 0.366 e. The lowest BCUT2D eigenvalue weighted by Crippen LogP contribution is -2.11. The third-order valence-corrected chi connectivity index (χ3v) is 3.17. The molecule has 1 aromatic heterocycles. The van der Waals surface area contributed by atoms with Gasteiger partial charge in [0.15, 0.2) is 0 Å². The molecule has 0 unspecified atom stereocenters. The number of H-pyrrole nitrogens is 1. The molecule has 3 rings (SSSR count). The quantitative estimate of drug-likeness (QED) is 0.644. The normalized spacial score (nSPS) is 10.9. The molecule has 0 aliphatic rings. The van der Waals surface area contributed by atoms with Crippen LogP contribution in [0.2, 0.25) is 0 Å². The van der Waals surface area contributed by atoms with E-state index in [1.807, 2.05) is 6.07 Å². The monoisotopic (exact) mass is 253 g/mol. The van der Waals surface area contributed by atoms with Crippen molar-refractivity contribution in [2.24, 2.45) is 11.5 Å². The summed E-state index contributed by atoms with van der Waals surface area (Å²) in [5, 5.41) is 1.61. The van der Waals surface area contributed by atoms with Gasteiger partial charge in [0.25, 0.3) is 0 Å². The smallest absolute Gasteiger partial charge is 0.249 e. The third-order valence-electron chi connectivity index (χ3n) is 3.17. The van der Waals surface area contributed by atoms with Crippen LogP contribution in [0, 0.1) is 0 Å². The minimum absolute atomic E-state index is 0.416. The van der Waals surface area contributed by atoms with Gasteiger partial charge in [0.05, 0.1) is 0 Å². The number of nitrogens with two attached hydrogens (primary N) is 2. The van der Waals surface area contributed by atoms with Crippen molar-refractivity contribution >= 4 is 33.6 Å². The molecule has 1 heterocycles. The lowest BCUT2D eigenvalue weighted by atomic mass is 10.0. The van der Waals surface area contributed by atoms with Crippen LogP contribution in [0.5, 0.6) is 0 Å². The number of aromatic nitrogens is 1. The highest BCUT2D eigenvalue weighted by Gasteiger charge is 2.13. The number of aromatic amines is 1. The summed E-state index contributed by atoms with van der Waals surface area (Å²) in [6, 6.07) is 10.4. The highest BCUT2D eigenvalue weighted by atomic mass is 16.1. The number of amides is 2. The molecule has 2 aromatic carbocycles. The molecule has 0 aliphatic carbocycles. The van der Waals surface area contributed by atoms with Gasteiger partial charge >= 0.3 is 0 Å². The molecule has 0 saturated carbocycles. The van der Waals surface area contributed by atoms with Crippen LogP contribution in [-0.2, 0) is 0 Å². The van der Waals surface area contributed by atoms with Gasteiger partial charge in [0.2, 0.25) is 11.8 Å². The van der Waals surface area contributed by atoms with Gasteiger partial charge < -0.3 is 16.5 Å². The second kappa shape index (κ2) is 3.84. The summed E-state index contributed by atoms with van der Waals surface area (Å²) in [4.78, 5) is 25.8. The Labute approximate surface area is 108 Å². The highest BCUT2D eigenvalue weighted by Crippen LogP contribution is 2.28. The maximum absolute atomic E-state index is 11.5. The number of carbonyl (C=O) groups is 2. The van der Waals surface area contributed by atoms with E-state index in [1.165, 1.54) is 0 Å². The van der Waals surface area contributed by atoms with Gasteiger partial charge in [-0.3, -0.25) is 9.59 Å². The first-order valence-electron chi connectivity index (χ1n) is 5.72. The lowest BCUT2D eigenvalue weighted by molar-refractivity contribution is 0.0992. The Morgan fingerprint density at radius 1 is 0.947 bits per heavy atom. The van der Waals surface area contributed by atoms with Gasteiger partial charge in [0, 0.05) is 32.9 Å². The van der Waals surface area contributed by atoms with E-state index in [-0.39, 0.29) is 0 Å². The van der Waals surface area contributed by atoms with Crippen LogP contribution in [0.25, 0.3) is 21.8 Å². The minimum Gasteiger partial charge on any atom is -0.366 e. The van der Waals surface area contributed by atoms with Crippen molar-refractivity contribution in [3.05, 3.63) is 47.5 Å². The summed E-state index contributed by atoms with van der Waals surface area (Å²) >= 11 is 0. The van der Waals surface area contributed by atoms with E-state index in [2.05, 4.69) is 4.98 Å². The Balaban J connectivity index is 2.43. The van der Waals surface area contributed by atoms with Gasteiger partial charge in [-0.2, -0.15) is 0 Å². The number of rotatable bonds is 2. The molecule has 0 radical (unpaired) electrons. The third kappa shape index (κ3) is 1.63. The van der Waals surface area contributed by atoms with Crippen molar-refractivity contribution < 1.29 is 9.59 Å². The second-order valence-corrected chi connectivity index (χ2v) is 4.34. The molecule has 0 aliphatic heterocycles. The maximum Gasteiger partial charge on any atom is 0.249 e. The number of fused-ring (bicyclic) bond motifs is 3. The van der Waals surface area contributed by atoms with Gasteiger partial charge in [0.1, 0.15) is 0 Å². The zero-order chi connectivity index (χ0) is 13.6. The average molecular weight is 253 g/mol. The fourth-order valence-electron chi connectivity index (χ4n) is 2.32. The molecule has 0 fully saturated rings. The first-order valence-corrected chi connectivity index (χ1v) is 5.72. The van der Waals surface area contributed by atoms with Crippen LogP contribution < -0.4 is 11.5 Å². The Morgan fingerprint density at radius 3 is 2.42 bits per heavy atom. The summed E-state index contributed by atoms with van der Waals surface area (Å²) in [5.41, 5.74) is 13.1. The average Bonchev–Trinajstić information content (AvgIpc) is 2.75. The fraction of sp³-hybridized carbons (Fsp3) is 0. The number of hydrogen-bond acceptors (Lipinski definition) is 2. The van der Waals surface area contributed by atoms with Gasteiger partial charge in [-0.05, 0) is 24.3 Å². The van der Waals surface area contributed by atoms with E-state index < -0.39 is 11.8 Å². The Bertz CT molecular complexity index is 833. The summed E-state index contributed by atoms with van der Waals surface area (Å²) in [7, 11) is 0. The Kier molecular flexibility index (Phi) is 2.28. The number of nitrogens with one attached hydrogen (secondary N) is 1. The van der Waals surface area contributed by atoms with Crippen LogP contribution in [0.3, 0.4) is 0 Å². The van der Waals surface area contributed by atoms with E-state index >= 15 is 0 Å². The summed E-state index contributed by atoms with van der Waals surface area (Å²) in [6.45, 7) is 0. The molecule has 0 bridgehead atoms. The van der Waals surface area contributed by atoms with Crippen molar-refractivity contribution in [2.75, 3.05) is 0 Å². The zero-order valence-corrected chi connectivity index (χ0v) is 9.94. The number of primary amides is 2. The van der Waals surface area contributed by atoms with E-state index in [4.69, 9.17) is 11.5 Å². The maximum atomic E-state index is 11.5. The first kappa shape index (κ1) is 11.3. The van der Waals surface area contributed by atoms with Crippen LogP contribution >= 0.6 is 0 Å². The number of hydrogen-bond donors (Lipinski definition) is 3. The molecule has 5 N–H and O–H groups in total. The molecule has 0 spiro atoms. The summed E-state index contributed by atoms with van der Waals surface area (Å²) < 4.78 is 0. The number of benzene rings is 2. The molecule has 5 nitrogen and oxygen atoms in total. The van der Waals surface area contributed by atoms with E-state index in [0.29, 0.717) is 11.1 Å². The molecule has 94 valence electrons. The van der Waals surface area contributed by atoms with Gasteiger partial charge in [-0.1, -0.05) is 12.1 Å². The van der Waals surface area contributed by atoms with Crippen molar-refractivity contribution in [3.63, 3.8) is 0 Å². The first-order chi connectivity index (χ1) is 9.08. The Morgan fingerprint density at radius 2 is 1.74 bits per heavy atom. The lowest BCUT2D eigenvalue weighted by Gasteiger charge is -1.99. The molecule has 19 heavy (non-hydrogen) atoms. The van der Waals surface area contributed by atoms with E-state index in [1.54, 1.807) is 30.3 Å². The van der Waals surface area contributed by atoms with E-state index in [9.17, 15) is 9.59 Å². The predicted molar refractivity (Wildman–Crippen MR) is 72.8 cm³/mol. The molecular formula is C14H11N3O2. The van der Waals surface area contributed by atoms with E-state index in [0.717, 1.165) is 21.8 Å².